The highest BCUT2D eigenvalue weighted by Gasteiger charge is 2.35. The average molecular weight is 297 g/mol. The lowest BCUT2D eigenvalue weighted by molar-refractivity contribution is -0.140. The zero-order valence-electron chi connectivity index (χ0n) is 11.4. The molecule has 0 spiro atoms. The maximum atomic E-state index is 14.1. The Kier molecular flexibility index (Phi) is 4.63. The topological polar surface area (TPSA) is 12.0 Å². The van der Waals surface area contributed by atoms with Gasteiger partial charge in [-0.15, -0.1) is 0 Å². The van der Waals surface area contributed by atoms with Crippen LogP contribution in [0.1, 0.15) is 22.7 Å². The first-order valence-corrected chi connectivity index (χ1v) is 6.50. The molecule has 2 aromatic carbocycles. The summed E-state index contributed by atoms with van der Waals surface area (Å²) < 4.78 is 52.4. The molecule has 0 saturated carbocycles. The third-order valence-electron chi connectivity index (χ3n) is 3.34. The van der Waals surface area contributed by atoms with Crippen LogP contribution in [0.5, 0.6) is 0 Å². The minimum Gasteiger partial charge on any atom is -0.313 e. The highest BCUT2D eigenvalue weighted by Crippen LogP contribution is 2.34. The zero-order chi connectivity index (χ0) is 15.5. The van der Waals surface area contributed by atoms with Gasteiger partial charge in [-0.1, -0.05) is 42.5 Å². The number of likely N-dealkylation sites (N-methyl/N-ethyl adjacent to an activating group) is 1. The number of halogens is 4. The molecular weight excluding hydrogens is 282 g/mol. The fourth-order valence-electron chi connectivity index (χ4n) is 2.26. The summed E-state index contributed by atoms with van der Waals surface area (Å²) in [6.45, 7) is 0. The van der Waals surface area contributed by atoms with Crippen LogP contribution in [0.4, 0.5) is 17.6 Å². The lowest BCUT2D eigenvalue weighted by Gasteiger charge is -2.19. The van der Waals surface area contributed by atoms with Gasteiger partial charge in [0.25, 0.3) is 0 Å². The molecule has 0 aliphatic carbocycles. The molecule has 1 atom stereocenters. The van der Waals surface area contributed by atoms with E-state index in [-0.39, 0.29) is 5.56 Å². The van der Waals surface area contributed by atoms with Gasteiger partial charge in [0.2, 0.25) is 0 Å². The molecule has 112 valence electrons. The van der Waals surface area contributed by atoms with E-state index in [0.717, 1.165) is 11.6 Å². The van der Waals surface area contributed by atoms with Gasteiger partial charge in [-0.2, -0.15) is 13.2 Å². The first-order chi connectivity index (χ1) is 9.93. The van der Waals surface area contributed by atoms with E-state index in [1.165, 1.54) is 12.1 Å². The molecule has 0 bridgehead atoms. The van der Waals surface area contributed by atoms with Crippen molar-refractivity contribution in [3.8, 4) is 0 Å². The summed E-state index contributed by atoms with van der Waals surface area (Å²) >= 11 is 0. The van der Waals surface area contributed by atoms with Gasteiger partial charge in [0, 0.05) is 11.6 Å². The van der Waals surface area contributed by atoms with E-state index in [1.807, 2.05) is 30.3 Å². The fourth-order valence-corrected chi connectivity index (χ4v) is 2.26. The van der Waals surface area contributed by atoms with Crippen LogP contribution in [0.2, 0.25) is 0 Å². The number of alkyl halides is 3. The van der Waals surface area contributed by atoms with E-state index in [0.29, 0.717) is 6.42 Å². The second-order valence-corrected chi connectivity index (χ2v) is 4.74. The predicted molar refractivity (Wildman–Crippen MR) is 73.3 cm³/mol. The van der Waals surface area contributed by atoms with Crippen molar-refractivity contribution in [1.82, 2.24) is 5.32 Å². The molecule has 0 fully saturated rings. The number of hydrogen-bond donors (Lipinski definition) is 1. The normalized spacial score (nSPS) is 13.2. The first-order valence-electron chi connectivity index (χ1n) is 6.50. The van der Waals surface area contributed by atoms with Crippen molar-refractivity contribution < 1.29 is 17.6 Å². The Morgan fingerprint density at radius 3 is 2.24 bits per heavy atom. The van der Waals surface area contributed by atoms with Crippen LogP contribution >= 0.6 is 0 Å². The molecular formula is C16H15F4N. The molecule has 21 heavy (non-hydrogen) atoms. The van der Waals surface area contributed by atoms with Crippen LogP contribution in [0.3, 0.4) is 0 Å². The Morgan fingerprint density at radius 2 is 1.67 bits per heavy atom. The monoisotopic (exact) mass is 297 g/mol. The third-order valence-corrected chi connectivity index (χ3v) is 3.34. The lowest BCUT2D eigenvalue weighted by Crippen LogP contribution is -2.22. The summed E-state index contributed by atoms with van der Waals surface area (Å²) in [7, 11) is 1.60. The second-order valence-electron chi connectivity index (χ2n) is 4.74. The standard InChI is InChI=1S/C16H15F4N/c1-21-14(10-11-6-3-2-4-7-11)12-8-5-9-13(15(12)17)16(18,19)20/h2-9,14,21H,10H2,1H3. The largest absolute Gasteiger partial charge is 0.419 e. The lowest BCUT2D eigenvalue weighted by atomic mass is 9.96. The molecule has 2 aromatic rings. The summed E-state index contributed by atoms with van der Waals surface area (Å²) in [5.74, 6) is -1.21. The Hall–Kier alpha value is -1.88. The highest BCUT2D eigenvalue weighted by molar-refractivity contribution is 5.31. The highest BCUT2D eigenvalue weighted by atomic mass is 19.4. The van der Waals surface area contributed by atoms with Crippen LogP contribution in [0, 0.1) is 5.82 Å². The Labute approximate surface area is 120 Å². The van der Waals surface area contributed by atoms with Crippen molar-refractivity contribution in [2.24, 2.45) is 0 Å². The van der Waals surface area contributed by atoms with Crippen molar-refractivity contribution >= 4 is 0 Å². The molecule has 2 rings (SSSR count). The van der Waals surface area contributed by atoms with E-state index in [2.05, 4.69) is 5.32 Å². The molecule has 0 heterocycles. The van der Waals surface area contributed by atoms with Gasteiger partial charge in [-0.05, 0) is 25.1 Å². The molecule has 0 saturated heterocycles. The number of hydrogen-bond acceptors (Lipinski definition) is 1. The van der Waals surface area contributed by atoms with Crippen LogP contribution < -0.4 is 5.32 Å². The molecule has 0 radical (unpaired) electrons. The smallest absolute Gasteiger partial charge is 0.313 e. The first kappa shape index (κ1) is 15.5. The minimum atomic E-state index is -4.69. The maximum Gasteiger partial charge on any atom is 0.419 e. The Bertz CT molecular complexity index is 593. The molecule has 0 amide bonds. The summed E-state index contributed by atoms with van der Waals surface area (Å²) in [5, 5.41) is 2.88. The summed E-state index contributed by atoms with van der Waals surface area (Å²) in [4.78, 5) is 0. The van der Waals surface area contributed by atoms with Crippen LogP contribution in [0.25, 0.3) is 0 Å². The summed E-state index contributed by atoms with van der Waals surface area (Å²) in [6.07, 6.45) is -4.28. The van der Waals surface area contributed by atoms with Crippen molar-refractivity contribution in [2.75, 3.05) is 7.05 Å². The van der Waals surface area contributed by atoms with Crippen molar-refractivity contribution in [3.05, 3.63) is 71.0 Å². The van der Waals surface area contributed by atoms with Crippen LogP contribution in [-0.4, -0.2) is 7.05 Å². The number of nitrogens with one attached hydrogen (secondary N) is 1. The van der Waals surface area contributed by atoms with E-state index in [4.69, 9.17) is 0 Å². The van der Waals surface area contributed by atoms with E-state index in [9.17, 15) is 17.6 Å². The fraction of sp³-hybridized carbons (Fsp3) is 0.250. The molecule has 0 aromatic heterocycles. The molecule has 1 unspecified atom stereocenters. The molecule has 5 heteroatoms. The van der Waals surface area contributed by atoms with Gasteiger partial charge in [0.15, 0.2) is 0 Å². The molecule has 0 aliphatic rings. The molecule has 1 N–H and O–H groups in total. The maximum absolute atomic E-state index is 14.1. The molecule has 1 nitrogen and oxygen atoms in total. The Balaban J connectivity index is 2.35. The number of benzene rings is 2. The van der Waals surface area contributed by atoms with Gasteiger partial charge in [-0.25, -0.2) is 4.39 Å². The van der Waals surface area contributed by atoms with E-state index >= 15 is 0 Å². The minimum absolute atomic E-state index is 0.0242. The van der Waals surface area contributed by atoms with E-state index in [1.54, 1.807) is 7.05 Å². The van der Waals surface area contributed by atoms with Crippen LogP contribution in [0.15, 0.2) is 48.5 Å². The van der Waals surface area contributed by atoms with Crippen LogP contribution in [-0.2, 0) is 12.6 Å². The van der Waals surface area contributed by atoms with Crippen molar-refractivity contribution in [1.29, 1.82) is 0 Å². The quantitative estimate of drug-likeness (QED) is 0.827. The van der Waals surface area contributed by atoms with E-state index < -0.39 is 23.6 Å². The van der Waals surface area contributed by atoms with Gasteiger partial charge < -0.3 is 5.32 Å². The molecule has 0 aliphatic heterocycles. The summed E-state index contributed by atoms with van der Waals surface area (Å²) in [5.41, 5.74) is -0.279. The van der Waals surface area contributed by atoms with Gasteiger partial charge >= 0.3 is 6.18 Å². The third kappa shape index (κ3) is 3.61. The SMILES string of the molecule is CNC(Cc1ccccc1)c1cccc(C(F)(F)F)c1F. The average Bonchev–Trinajstić information content (AvgIpc) is 2.45. The van der Waals surface area contributed by atoms with Gasteiger partial charge in [0.05, 0.1) is 5.56 Å². The zero-order valence-corrected chi connectivity index (χ0v) is 11.4. The predicted octanol–water partition coefficient (Wildman–Crippen LogP) is 4.35. The Morgan fingerprint density at radius 1 is 1.00 bits per heavy atom. The second kappa shape index (κ2) is 6.26. The van der Waals surface area contributed by atoms with Crippen molar-refractivity contribution in [3.63, 3.8) is 0 Å². The number of rotatable bonds is 4. The van der Waals surface area contributed by atoms with Crippen molar-refractivity contribution in [2.45, 2.75) is 18.6 Å². The van der Waals surface area contributed by atoms with Gasteiger partial charge in [0.1, 0.15) is 5.82 Å². The summed E-state index contributed by atoms with van der Waals surface area (Å²) in [6, 6.07) is 12.1. The van der Waals surface area contributed by atoms with Gasteiger partial charge in [-0.3, -0.25) is 0 Å².